The summed E-state index contributed by atoms with van der Waals surface area (Å²) in [6.07, 6.45) is 1.91. The van der Waals surface area contributed by atoms with Gasteiger partial charge in [-0.05, 0) is 53.1 Å². The second-order valence-corrected chi connectivity index (χ2v) is 6.34. The molecule has 0 saturated heterocycles. The summed E-state index contributed by atoms with van der Waals surface area (Å²) in [6, 6.07) is 37.9. The van der Waals surface area contributed by atoms with E-state index in [-0.39, 0.29) is 0 Å². The molecule has 0 aliphatic rings. The van der Waals surface area contributed by atoms with Crippen LogP contribution in [0.1, 0.15) is 5.56 Å². The van der Waals surface area contributed by atoms with Crippen LogP contribution in [0.3, 0.4) is 0 Å². The third-order valence-electron chi connectivity index (χ3n) is 4.65. The van der Waals surface area contributed by atoms with Crippen molar-refractivity contribution in [3.63, 3.8) is 0 Å². The van der Waals surface area contributed by atoms with E-state index in [2.05, 4.69) is 102 Å². The van der Waals surface area contributed by atoms with E-state index < -0.39 is 0 Å². The Hall–Kier alpha value is -3.58. The number of anilines is 3. The minimum atomic E-state index is 1.13. The van der Waals surface area contributed by atoms with Gasteiger partial charge in [-0.1, -0.05) is 85.5 Å². The Morgan fingerprint density at radius 1 is 0.519 bits per heavy atom. The Morgan fingerprint density at radius 3 is 1.56 bits per heavy atom. The predicted octanol–water partition coefficient (Wildman–Crippen LogP) is 7.47. The monoisotopic (exact) mass is 347 g/mol. The molecule has 130 valence electrons. The van der Waals surface area contributed by atoms with Crippen LogP contribution >= 0.6 is 0 Å². The molecule has 0 atom stereocenters. The van der Waals surface area contributed by atoms with Gasteiger partial charge < -0.3 is 4.90 Å². The van der Waals surface area contributed by atoms with Crippen LogP contribution in [0, 0.1) is 0 Å². The minimum absolute atomic E-state index is 1.13. The van der Waals surface area contributed by atoms with Crippen molar-refractivity contribution >= 4 is 23.1 Å². The van der Waals surface area contributed by atoms with Crippen molar-refractivity contribution in [2.24, 2.45) is 0 Å². The molecule has 27 heavy (non-hydrogen) atoms. The fourth-order valence-corrected chi connectivity index (χ4v) is 3.33. The number of rotatable bonds is 5. The average Bonchev–Trinajstić information content (AvgIpc) is 2.76. The third kappa shape index (κ3) is 3.54. The topological polar surface area (TPSA) is 3.24 Å². The summed E-state index contributed by atoms with van der Waals surface area (Å²) in [4.78, 5) is 2.27. The Labute approximate surface area is 160 Å². The lowest BCUT2D eigenvalue weighted by molar-refractivity contribution is 1.28. The first kappa shape index (κ1) is 16.9. The first-order valence-electron chi connectivity index (χ1n) is 9.09. The lowest BCUT2D eigenvalue weighted by Crippen LogP contribution is -2.09. The predicted molar refractivity (Wildman–Crippen MR) is 117 cm³/mol. The van der Waals surface area contributed by atoms with Crippen molar-refractivity contribution in [1.82, 2.24) is 0 Å². The normalized spacial score (nSPS) is 10.4. The molecular formula is C26H21N. The molecule has 4 rings (SSSR count). The molecule has 0 aromatic heterocycles. The van der Waals surface area contributed by atoms with E-state index in [1.807, 2.05) is 24.3 Å². The molecule has 0 heterocycles. The first-order chi connectivity index (χ1) is 13.4. The molecule has 0 bridgehead atoms. The minimum Gasteiger partial charge on any atom is -0.311 e. The maximum Gasteiger partial charge on any atom is 0.0462 e. The zero-order valence-corrected chi connectivity index (χ0v) is 15.1. The second kappa shape index (κ2) is 7.76. The van der Waals surface area contributed by atoms with Gasteiger partial charge in [0.25, 0.3) is 0 Å². The van der Waals surface area contributed by atoms with Crippen LogP contribution in [0.4, 0.5) is 17.1 Å². The van der Waals surface area contributed by atoms with Gasteiger partial charge in [-0.25, -0.2) is 0 Å². The van der Waals surface area contributed by atoms with Crippen LogP contribution in [-0.4, -0.2) is 0 Å². The van der Waals surface area contributed by atoms with Gasteiger partial charge in [0.15, 0.2) is 0 Å². The molecule has 4 aromatic carbocycles. The van der Waals surface area contributed by atoms with Crippen molar-refractivity contribution < 1.29 is 0 Å². The van der Waals surface area contributed by atoms with Crippen LogP contribution in [0.2, 0.25) is 0 Å². The van der Waals surface area contributed by atoms with Crippen molar-refractivity contribution in [2.75, 3.05) is 4.90 Å². The van der Waals surface area contributed by atoms with E-state index in [1.165, 1.54) is 11.1 Å². The van der Waals surface area contributed by atoms with Gasteiger partial charge in [-0.15, -0.1) is 0 Å². The Bertz CT molecular complexity index is 979. The molecule has 0 radical (unpaired) electrons. The second-order valence-electron chi connectivity index (χ2n) is 6.34. The summed E-state index contributed by atoms with van der Waals surface area (Å²) in [6.45, 7) is 3.93. The van der Waals surface area contributed by atoms with E-state index >= 15 is 0 Å². The van der Waals surface area contributed by atoms with Crippen molar-refractivity contribution in [3.8, 4) is 11.1 Å². The largest absolute Gasteiger partial charge is 0.311 e. The van der Waals surface area contributed by atoms with Crippen molar-refractivity contribution in [2.45, 2.75) is 0 Å². The van der Waals surface area contributed by atoms with E-state index in [1.54, 1.807) is 0 Å². The van der Waals surface area contributed by atoms with E-state index in [0.29, 0.717) is 0 Å². The SMILES string of the molecule is C=Cc1ccccc1-c1ccc(N(c2ccccc2)c2ccccc2)cc1. The van der Waals surface area contributed by atoms with E-state index in [9.17, 15) is 0 Å². The first-order valence-corrected chi connectivity index (χ1v) is 9.09. The van der Waals surface area contributed by atoms with Crippen LogP contribution in [0.5, 0.6) is 0 Å². The average molecular weight is 347 g/mol. The van der Waals surface area contributed by atoms with E-state index in [4.69, 9.17) is 0 Å². The molecule has 0 aliphatic heterocycles. The van der Waals surface area contributed by atoms with Gasteiger partial charge >= 0.3 is 0 Å². The van der Waals surface area contributed by atoms with Crippen molar-refractivity contribution in [3.05, 3.63) is 121 Å². The summed E-state index contributed by atoms with van der Waals surface area (Å²) in [5, 5.41) is 0. The molecule has 0 unspecified atom stereocenters. The summed E-state index contributed by atoms with van der Waals surface area (Å²) in [7, 11) is 0. The number of benzene rings is 4. The molecular weight excluding hydrogens is 326 g/mol. The molecule has 0 aliphatic carbocycles. The number of para-hydroxylation sites is 2. The number of hydrogen-bond donors (Lipinski definition) is 0. The summed E-state index contributed by atoms with van der Waals surface area (Å²) in [5.74, 6) is 0. The van der Waals surface area contributed by atoms with Crippen LogP contribution in [-0.2, 0) is 0 Å². The highest BCUT2D eigenvalue weighted by Gasteiger charge is 2.12. The van der Waals surface area contributed by atoms with Crippen LogP contribution in [0.15, 0.2) is 116 Å². The highest BCUT2D eigenvalue weighted by atomic mass is 15.1. The van der Waals surface area contributed by atoms with E-state index in [0.717, 1.165) is 22.6 Å². The van der Waals surface area contributed by atoms with Gasteiger partial charge in [0.2, 0.25) is 0 Å². The molecule has 0 amide bonds. The van der Waals surface area contributed by atoms with Gasteiger partial charge in [0.1, 0.15) is 0 Å². The molecule has 1 heteroatoms. The highest BCUT2D eigenvalue weighted by Crippen LogP contribution is 2.35. The molecule has 4 aromatic rings. The number of hydrogen-bond acceptors (Lipinski definition) is 1. The summed E-state index contributed by atoms with van der Waals surface area (Å²) >= 11 is 0. The van der Waals surface area contributed by atoms with Crippen LogP contribution in [0.25, 0.3) is 17.2 Å². The van der Waals surface area contributed by atoms with Gasteiger partial charge in [-0.3, -0.25) is 0 Å². The zero-order chi connectivity index (χ0) is 18.5. The Balaban J connectivity index is 1.77. The fraction of sp³-hybridized carbons (Fsp3) is 0. The molecule has 0 spiro atoms. The Kier molecular flexibility index (Phi) is 4.84. The summed E-state index contributed by atoms with van der Waals surface area (Å²) in [5.41, 5.74) is 6.95. The zero-order valence-electron chi connectivity index (χ0n) is 15.1. The molecule has 0 N–H and O–H groups in total. The maximum atomic E-state index is 3.93. The maximum absolute atomic E-state index is 3.93. The summed E-state index contributed by atoms with van der Waals surface area (Å²) < 4.78 is 0. The molecule has 1 nitrogen and oxygen atoms in total. The van der Waals surface area contributed by atoms with Crippen molar-refractivity contribution in [1.29, 1.82) is 0 Å². The lowest BCUT2D eigenvalue weighted by atomic mass is 9.99. The quantitative estimate of drug-likeness (QED) is 0.362. The Morgan fingerprint density at radius 2 is 1.00 bits per heavy atom. The molecule has 0 fully saturated rings. The fourth-order valence-electron chi connectivity index (χ4n) is 3.33. The smallest absolute Gasteiger partial charge is 0.0462 e. The van der Waals surface area contributed by atoms with Gasteiger partial charge in [0, 0.05) is 17.1 Å². The third-order valence-corrected chi connectivity index (χ3v) is 4.65. The lowest BCUT2D eigenvalue weighted by Gasteiger charge is -2.25. The van der Waals surface area contributed by atoms with Gasteiger partial charge in [-0.2, -0.15) is 0 Å². The highest BCUT2D eigenvalue weighted by molar-refractivity contribution is 5.80. The number of nitrogens with zero attached hydrogens (tertiary/aromatic N) is 1. The standard InChI is InChI=1S/C26H21N/c1-2-21-11-9-10-16-26(21)22-17-19-25(20-18-22)27(23-12-5-3-6-13-23)24-14-7-4-8-15-24/h2-20H,1H2. The molecule has 0 saturated carbocycles. The van der Waals surface area contributed by atoms with Gasteiger partial charge in [0.05, 0.1) is 0 Å². The van der Waals surface area contributed by atoms with Crippen LogP contribution < -0.4 is 4.90 Å².